The van der Waals surface area contributed by atoms with Crippen LogP contribution in [0.1, 0.15) is 66.2 Å². The van der Waals surface area contributed by atoms with Crippen LogP contribution in [-0.4, -0.2) is 40.8 Å². The van der Waals surface area contributed by atoms with Gasteiger partial charge in [0.05, 0.1) is 6.61 Å². The summed E-state index contributed by atoms with van der Waals surface area (Å²) >= 11 is 0. The third-order valence-electron chi connectivity index (χ3n) is 3.67. The molecule has 0 aromatic carbocycles. The van der Waals surface area contributed by atoms with Crippen LogP contribution in [0, 0.1) is 0 Å². The first-order chi connectivity index (χ1) is 9.49. The maximum Gasteiger partial charge on any atom is 0.410 e. The summed E-state index contributed by atoms with van der Waals surface area (Å²) in [5.74, 6) is -0.933. The molecule has 0 radical (unpaired) electrons. The van der Waals surface area contributed by atoms with E-state index in [4.69, 9.17) is 4.74 Å². The van der Waals surface area contributed by atoms with E-state index in [1.54, 1.807) is 6.92 Å². The van der Waals surface area contributed by atoms with E-state index in [0.29, 0.717) is 19.4 Å². The van der Waals surface area contributed by atoms with Gasteiger partial charge in [0, 0.05) is 6.54 Å². The van der Waals surface area contributed by atoms with E-state index in [2.05, 4.69) is 0 Å². The molecule has 0 saturated heterocycles. The molecule has 0 bridgehead atoms. The third-order valence-corrected chi connectivity index (χ3v) is 3.67. The standard InChI is InChI=1S/C15H29NO4/c1-5-9-11-15(7-3,13(17)18)16(12-10-6-2)14(19)20-8-4/h5-12H2,1-4H3,(H,17,18). The lowest BCUT2D eigenvalue weighted by Gasteiger charge is -2.39. The highest BCUT2D eigenvalue weighted by molar-refractivity contribution is 5.84. The highest BCUT2D eigenvalue weighted by atomic mass is 16.6. The average Bonchev–Trinajstić information content (AvgIpc) is 2.42. The first-order valence-electron chi connectivity index (χ1n) is 7.67. The van der Waals surface area contributed by atoms with Crippen LogP contribution >= 0.6 is 0 Å². The van der Waals surface area contributed by atoms with Crippen LogP contribution in [0.4, 0.5) is 4.79 Å². The Morgan fingerprint density at radius 2 is 1.70 bits per heavy atom. The molecular formula is C15H29NO4. The van der Waals surface area contributed by atoms with E-state index in [-0.39, 0.29) is 6.61 Å². The van der Waals surface area contributed by atoms with Crippen LogP contribution in [0.2, 0.25) is 0 Å². The second-order valence-corrected chi connectivity index (χ2v) is 5.00. The predicted molar refractivity (Wildman–Crippen MR) is 78.8 cm³/mol. The summed E-state index contributed by atoms with van der Waals surface area (Å²) in [4.78, 5) is 25.4. The van der Waals surface area contributed by atoms with Crippen LogP contribution in [-0.2, 0) is 9.53 Å². The van der Waals surface area contributed by atoms with Gasteiger partial charge in [-0.3, -0.25) is 4.90 Å². The van der Waals surface area contributed by atoms with Crippen molar-refractivity contribution in [2.24, 2.45) is 0 Å². The number of hydrogen-bond acceptors (Lipinski definition) is 3. The van der Waals surface area contributed by atoms with Crippen molar-refractivity contribution in [2.45, 2.75) is 71.8 Å². The van der Waals surface area contributed by atoms with Crippen molar-refractivity contribution in [1.29, 1.82) is 0 Å². The topological polar surface area (TPSA) is 66.8 Å². The molecule has 0 aromatic rings. The Morgan fingerprint density at radius 1 is 1.10 bits per heavy atom. The van der Waals surface area contributed by atoms with Gasteiger partial charge in [-0.05, 0) is 26.2 Å². The molecule has 5 heteroatoms. The molecule has 118 valence electrons. The van der Waals surface area contributed by atoms with Gasteiger partial charge in [0.25, 0.3) is 0 Å². The zero-order valence-corrected chi connectivity index (χ0v) is 13.3. The van der Waals surface area contributed by atoms with Crippen molar-refractivity contribution in [1.82, 2.24) is 4.90 Å². The SMILES string of the molecule is CCCCN(C(=O)OCC)C(CC)(CCCC)C(=O)O. The molecule has 0 heterocycles. The van der Waals surface area contributed by atoms with Crippen molar-refractivity contribution in [3.05, 3.63) is 0 Å². The number of ether oxygens (including phenoxy) is 1. The second-order valence-electron chi connectivity index (χ2n) is 5.00. The maximum atomic E-state index is 12.2. The number of nitrogens with zero attached hydrogens (tertiary/aromatic N) is 1. The van der Waals surface area contributed by atoms with Gasteiger partial charge in [0.1, 0.15) is 5.54 Å². The number of carboxylic acids is 1. The third kappa shape index (κ3) is 4.69. The maximum absolute atomic E-state index is 12.2. The summed E-state index contributed by atoms with van der Waals surface area (Å²) in [7, 11) is 0. The summed E-state index contributed by atoms with van der Waals surface area (Å²) in [6, 6.07) is 0. The number of amides is 1. The Balaban J connectivity index is 5.34. The van der Waals surface area contributed by atoms with E-state index in [9.17, 15) is 14.7 Å². The van der Waals surface area contributed by atoms with Crippen LogP contribution in [0.3, 0.4) is 0 Å². The monoisotopic (exact) mass is 287 g/mol. The highest BCUT2D eigenvalue weighted by Crippen LogP contribution is 2.28. The van der Waals surface area contributed by atoms with Gasteiger partial charge in [-0.15, -0.1) is 0 Å². The molecule has 0 spiro atoms. The van der Waals surface area contributed by atoms with Gasteiger partial charge in [0.2, 0.25) is 0 Å². The number of carboxylic acid groups (broad SMARTS) is 1. The lowest BCUT2D eigenvalue weighted by atomic mass is 9.87. The molecule has 0 aliphatic rings. The summed E-state index contributed by atoms with van der Waals surface area (Å²) < 4.78 is 5.06. The molecule has 20 heavy (non-hydrogen) atoms. The molecule has 0 saturated carbocycles. The lowest BCUT2D eigenvalue weighted by Crippen LogP contribution is -2.57. The summed E-state index contributed by atoms with van der Waals surface area (Å²) in [6.45, 7) is 8.28. The number of unbranched alkanes of at least 4 members (excludes halogenated alkanes) is 2. The quantitative estimate of drug-likeness (QED) is 0.665. The number of aliphatic carboxylic acids is 1. The van der Waals surface area contributed by atoms with Crippen molar-refractivity contribution in [3.63, 3.8) is 0 Å². The van der Waals surface area contributed by atoms with Gasteiger partial charge in [-0.1, -0.05) is 40.0 Å². The molecule has 0 aliphatic carbocycles. The first-order valence-corrected chi connectivity index (χ1v) is 7.67. The molecule has 0 rings (SSSR count). The number of carbonyl (C=O) groups excluding carboxylic acids is 1. The second kappa shape index (κ2) is 9.61. The molecule has 1 N–H and O–H groups in total. The molecule has 1 atom stereocenters. The molecule has 0 fully saturated rings. The van der Waals surface area contributed by atoms with Crippen molar-refractivity contribution in [2.75, 3.05) is 13.2 Å². The summed E-state index contributed by atoms with van der Waals surface area (Å²) in [6.07, 6.45) is 3.72. The Hall–Kier alpha value is -1.26. The van der Waals surface area contributed by atoms with Crippen molar-refractivity contribution < 1.29 is 19.4 Å². The predicted octanol–water partition coefficient (Wildman–Crippen LogP) is 3.67. The lowest BCUT2D eigenvalue weighted by molar-refractivity contribution is -0.151. The van der Waals surface area contributed by atoms with E-state index >= 15 is 0 Å². The minimum atomic E-state index is -1.14. The van der Waals surface area contributed by atoms with Crippen LogP contribution in [0.25, 0.3) is 0 Å². The van der Waals surface area contributed by atoms with Gasteiger partial charge in [0.15, 0.2) is 0 Å². The largest absolute Gasteiger partial charge is 0.479 e. The van der Waals surface area contributed by atoms with Crippen molar-refractivity contribution >= 4 is 12.1 Å². The number of hydrogen-bond donors (Lipinski definition) is 1. The zero-order valence-electron chi connectivity index (χ0n) is 13.3. The van der Waals surface area contributed by atoms with Gasteiger partial charge in [-0.2, -0.15) is 0 Å². The van der Waals surface area contributed by atoms with Gasteiger partial charge >= 0.3 is 12.1 Å². The number of rotatable bonds is 10. The van der Waals surface area contributed by atoms with Crippen LogP contribution < -0.4 is 0 Å². The van der Waals surface area contributed by atoms with Gasteiger partial charge < -0.3 is 9.84 Å². The molecule has 1 unspecified atom stereocenters. The highest BCUT2D eigenvalue weighted by Gasteiger charge is 2.45. The van der Waals surface area contributed by atoms with E-state index < -0.39 is 17.6 Å². The zero-order chi connectivity index (χ0) is 15.6. The normalized spacial score (nSPS) is 13.6. The van der Waals surface area contributed by atoms with Crippen LogP contribution in [0.15, 0.2) is 0 Å². The molecule has 5 nitrogen and oxygen atoms in total. The fourth-order valence-electron chi connectivity index (χ4n) is 2.34. The Labute approximate surface area is 122 Å². The average molecular weight is 287 g/mol. The summed E-state index contributed by atoms with van der Waals surface area (Å²) in [5.41, 5.74) is -1.14. The van der Waals surface area contributed by atoms with Gasteiger partial charge in [-0.25, -0.2) is 9.59 Å². The minimum Gasteiger partial charge on any atom is -0.479 e. The molecule has 0 aliphatic heterocycles. The number of carbonyl (C=O) groups is 2. The van der Waals surface area contributed by atoms with E-state index in [1.165, 1.54) is 4.90 Å². The Morgan fingerprint density at radius 3 is 2.10 bits per heavy atom. The van der Waals surface area contributed by atoms with Crippen molar-refractivity contribution in [3.8, 4) is 0 Å². The molecular weight excluding hydrogens is 258 g/mol. The molecule has 0 aromatic heterocycles. The summed E-state index contributed by atoms with van der Waals surface area (Å²) in [5, 5.41) is 9.69. The Bertz CT molecular complexity index is 306. The smallest absolute Gasteiger partial charge is 0.410 e. The fraction of sp³-hybridized carbons (Fsp3) is 0.867. The van der Waals surface area contributed by atoms with Crippen LogP contribution in [0.5, 0.6) is 0 Å². The van der Waals surface area contributed by atoms with E-state index in [1.807, 2.05) is 20.8 Å². The minimum absolute atomic E-state index is 0.259. The first kappa shape index (κ1) is 18.7. The molecule has 1 amide bonds. The van der Waals surface area contributed by atoms with E-state index in [0.717, 1.165) is 25.7 Å². The Kier molecular flexibility index (Phi) is 9.01. The fourth-order valence-corrected chi connectivity index (χ4v) is 2.34.